The van der Waals surface area contributed by atoms with Crippen LogP contribution in [0.25, 0.3) is 0 Å². The summed E-state index contributed by atoms with van der Waals surface area (Å²) in [4.78, 5) is 17.5. The molecule has 0 aliphatic carbocycles. The first kappa shape index (κ1) is 12.1. The highest BCUT2D eigenvalue weighted by Gasteiger charge is 2.19. The molecule has 0 aromatic carbocycles. The van der Waals surface area contributed by atoms with Crippen LogP contribution < -0.4 is 0 Å². The molecular weight excluding hydrogens is 212 g/mol. The van der Waals surface area contributed by atoms with Gasteiger partial charge in [0.1, 0.15) is 6.04 Å². The van der Waals surface area contributed by atoms with Crippen molar-refractivity contribution >= 4 is 17.3 Å². The molecule has 0 saturated heterocycles. The van der Waals surface area contributed by atoms with Crippen LogP contribution in [0.5, 0.6) is 0 Å². The van der Waals surface area contributed by atoms with Gasteiger partial charge in [0.2, 0.25) is 0 Å². The van der Waals surface area contributed by atoms with E-state index in [-0.39, 0.29) is 12.0 Å². The molecule has 0 fully saturated rings. The van der Waals surface area contributed by atoms with Crippen molar-refractivity contribution < 1.29 is 9.53 Å². The summed E-state index contributed by atoms with van der Waals surface area (Å²) < 4.78 is 4.95. The topological polar surface area (TPSA) is 42.4 Å². The van der Waals surface area contributed by atoms with Gasteiger partial charge < -0.3 is 4.74 Å². The van der Waals surface area contributed by atoms with Crippen LogP contribution in [0.4, 0.5) is 0 Å². The van der Waals surface area contributed by atoms with Crippen molar-refractivity contribution in [1.82, 2.24) is 9.88 Å². The molecule has 0 saturated carbocycles. The number of hydrogen-bond donors (Lipinski definition) is 0. The van der Waals surface area contributed by atoms with Crippen LogP contribution in [0.15, 0.2) is 10.9 Å². The molecule has 4 nitrogen and oxygen atoms in total. The molecule has 5 heteroatoms. The number of carbonyl (C=O) groups excluding carboxylic acids is 1. The third-order valence-electron chi connectivity index (χ3n) is 2.18. The van der Waals surface area contributed by atoms with Crippen LogP contribution in [0.2, 0.25) is 0 Å². The van der Waals surface area contributed by atoms with Crippen molar-refractivity contribution in [3.63, 3.8) is 0 Å². The average Bonchev–Trinajstić information content (AvgIpc) is 2.69. The van der Waals surface area contributed by atoms with Gasteiger partial charge in [-0.15, -0.1) is 11.3 Å². The summed E-state index contributed by atoms with van der Waals surface area (Å²) in [5, 5.41) is 1.98. The van der Waals surface area contributed by atoms with Gasteiger partial charge in [-0.1, -0.05) is 0 Å². The van der Waals surface area contributed by atoms with Crippen molar-refractivity contribution in [3.05, 3.63) is 16.6 Å². The standard InChI is InChI=1S/C10H16N2O2S/c1-4-14-10(13)8(2)12(3)5-9-6-15-7-11-9/h6-8H,4-5H2,1-3H3. The molecule has 0 radical (unpaired) electrons. The lowest BCUT2D eigenvalue weighted by atomic mass is 10.3. The summed E-state index contributed by atoms with van der Waals surface area (Å²) in [6, 6.07) is -0.230. The Morgan fingerprint density at radius 1 is 1.73 bits per heavy atom. The first-order chi connectivity index (χ1) is 7.15. The Labute approximate surface area is 93.9 Å². The van der Waals surface area contributed by atoms with E-state index in [0.29, 0.717) is 13.2 Å². The molecule has 0 aliphatic heterocycles. The highest BCUT2D eigenvalue weighted by molar-refractivity contribution is 7.07. The lowest BCUT2D eigenvalue weighted by molar-refractivity contribution is -0.148. The van der Waals surface area contributed by atoms with Gasteiger partial charge in [-0.2, -0.15) is 0 Å². The minimum Gasteiger partial charge on any atom is -0.465 e. The number of likely N-dealkylation sites (N-methyl/N-ethyl adjacent to an activating group) is 1. The van der Waals surface area contributed by atoms with Gasteiger partial charge in [0.05, 0.1) is 17.8 Å². The van der Waals surface area contributed by atoms with Crippen LogP contribution in [-0.4, -0.2) is 35.5 Å². The van der Waals surface area contributed by atoms with Gasteiger partial charge >= 0.3 is 5.97 Å². The summed E-state index contributed by atoms with van der Waals surface area (Å²) in [6.45, 7) is 4.74. The number of esters is 1. The molecule has 84 valence electrons. The number of nitrogens with zero attached hydrogens (tertiary/aromatic N) is 2. The van der Waals surface area contributed by atoms with Crippen LogP contribution in [0.1, 0.15) is 19.5 Å². The highest BCUT2D eigenvalue weighted by Crippen LogP contribution is 2.07. The number of thiazole rings is 1. The van der Waals surface area contributed by atoms with E-state index in [0.717, 1.165) is 5.69 Å². The summed E-state index contributed by atoms with van der Waals surface area (Å²) in [5.74, 6) is -0.185. The summed E-state index contributed by atoms with van der Waals surface area (Å²) >= 11 is 1.56. The number of carbonyl (C=O) groups is 1. The first-order valence-electron chi connectivity index (χ1n) is 4.89. The van der Waals surface area contributed by atoms with Gasteiger partial charge in [0.25, 0.3) is 0 Å². The average molecular weight is 228 g/mol. The van der Waals surface area contributed by atoms with Gasteiger partial charge in [0, 0.05) is 11.9 Å². The maximum Gasteiger partial charge on any atom is 0.323 e. The monoisotopic (exact) mass is 228 g/mol. The Hall–Kier alpha value is -0.940. The van der Waals surface area contributed by atoms with Crippen molar-refractivity contribution in [1.29, 1.82) is 0 Å². The molecule has 0 aliphatic rings. The summed E-state index contributed by atoms with van der Waals surface area (Å²) in [6.07, 6.45) is 0. The molecule has 1 heterocycles. The third-order valence-corrected chi connectivity index (χ3v) is 2.82. The number of aromatic nitrogens is 1. The summed E-state index contributed by atoms with van der Waals surface area (Å²) in [7, 11) is 1.89. The molecule has 1 unspecified atom stereocenters. The Morgan fingerprint density at radius 3 is 3.00 bits per heavy atom. The van der Waals surface area contributed by atoms with E-state index in [1.807, 2.05) is 31.2 Å². The first-order valence-corrected chi connectivity index (χ1v) is 5.83. The minimum absolute atomic E-state index is 0.185. The second-order valence-corrected chi connectivity index (χ2v) is 4.04. The van der Waals surface area contributed by atoms with E-state index in [4.69, 9.17) is 4.74 Å². The largest absolute Gasteiger partial charge is 0.465 e. The van der Waals surface area contributed by atoms with Crippen LogP contribution >= 0.6 is 11.3 Å². The fourth-order valence-electron chi connectivity index (χ4n) is 1.15. The molecular formula is C10H16N2O2S. The van der Waals surface area contributed by atoms with Gasteiger partial charge in [-0.25, -0.2) is 4.98 Å². The second kappa shape index (κ2) is 5.82. The zero-order valence-corrected chi connectivity index (χ0v) is 10.1. The van der Waals surface area contributed by atoms with E-state index in [1.54, 1.807) is 16.8 Å². The Balaban J connectivity index is 2.46. The van der Waals surface area contributed by atoms with Gasteiger partial charge in [-0.3, -0.25) is 9.69 Å². The molecule has 0 amide bonds. The minimum atomic E-state index is -0.230. The molecule has 1 rings (SSSR count). The third kappa shape index (κ3) is 3.60. The van der Waals surface area contributed by atoms with Crippen molar-refractivity contribution in [2.24, 2.45) is 0 Å². The fraction of sp³-hybridized carbons (Fsp3) is 0.600. The molecule has 1 aromatic heterocycles. The lowest BCUT2D eigenvalue weighted by Gasteiger charge is -2.21. The Morgan fingerprint density at radius 2 is 2.47 bits per heavy atom. The zero-order chi connectivity index (χ0) is 11.3. The predicted octanol–water partition coefficient (Wildman–Crippen LogP) is 1.53. The van der Waals surface area contributed by atoms with E-state index in [2.05, 4.69) is 4.98 Å². The zero-order valence-electron chi connectivity index (χ0n) is 9.27. The van der Waals surface area contributed by atoms with Crippen molar-refractivity contribution in [3.8, 4) is 0 Å². The molecule has 0 N–H and O–H groups in total. The number of ether oxygens (including phenoxy) is 1. The SMILES string of the molecule is CCOC(=O)C(C)N(C)Cc1cscn1. The van der Waals surface area contributed by atoms with Gasteiger partial charge in [0.15, 0.2) is 0 Å². The van der Waals surface area contributed by atoms with E-state index in [1.165, 1.54) is 0 Å². The van der Waals surface area contributed by atoms with E-state index >= 15 is 0 Å². The Kier molecular flexibility index (Phi) is 4.71. The smallest absolute Gasteiger partial charge is 0.323 e. The maximum absolute atomic E-state index is 11.4. The number of rotatable bonds is 5. The van der Waals surface area contributed by atoms with Crippen molar-refractivity contribution in [2.75, 3.05) is 13.7 Å². The number of hydrogen-bond acceptors (Lipinski definition) is 5. The van der Waals surface area contributed by atoms with Crippen molar-refractivity contribution in [2.45, 2.75) is 26.4 Å². The van der Waals surface area contributed by atoms with Crippen LogP contribution in [-0.2, 0) is 16.1 Å². The van der Waals surface area contributed by atoms with E-state index in [9.17, 15) is 4.79 Å². The predicted molar refractivity (Wildman–Crippen MR) is 59.7 cm³/mol. The lowest BCUT2D eigenvalue weighted by Crippen LogP contribution is -2.36. The molecule has 1 atom stereocenters. The van der Waals surface area contributed by atoms with Crippen LogP contribution in [0, 0.1) is 0 Å². The van der Waals surface area contributed by atoms with Crippen LogP contribution in [0.3, 0.4) is 0 Å². The second-order valence-electron chi connectivity index (χ2n) is 3.32. The maximum atomic E-state index is 11.4. The summed E-state index contributed by atoms with van der Waals surface area (Å²) in [5.41, 5.74) is 2.77. The molecule has 15 heavy (non-hydrogen) atoms. The normalized spacial score (nSPS) is 12.8. The van der Waals surface area contributed by atoms with Gasteiger partial charge in [-0.05, 0) is 20.9 Å². The fourth-order valence-corrected chi connectivity index (χ4v) is 1.70. The molecule has 1 aromatic rings. The quantitative estimate of drug-likeness (QED) is 0.717. The molecule has 0 spiro atoms. The van der Waals surface area contributed by atoms with E-state index < -0.39 is 0 Å². The molecule has 0 bridgehead atoms. The highest BCUT2D eigenvalue weighted by atomic mass is 32.1. The Bertz CT molecular complexity index is 300.